The molecule has 1 N–H and O–H groups in total. The molecule has 0 aliphatic rings. The van der Waals surface area contributed by atoms with E-state index < -0.39 is 6.10 Å². The SMILES string of the molecule is COc1ccc(CC(C)(C)C(O)C#Cc2ccccc2)cc1. The highest BCUT2D eigenvalue weighted by Gasteiger charge is 2.26. The number of hydrogen-bond donors (Lipinski definition) is 1. The molecule has 2 nitrogen and oxygen atoms in total. The first-order valence-corrected chi connectivity index (χ1v) is 7.39. The summed E-state index contributed by atoms with van der Waals surface area (Å²) in [5, 5.41) is 10.4. The predicted molar refractivity (Wildman–Crippen MR) is 89.8 cm³/mol. The van der Waals surface area contributed by atoms with Crippen LogP contribution in [0.2, 0.25) is 0 Å². The van der Waals surface area contributed by atoms with Gasteiger partial charge in [0.1, 0.15) is 11.9 Å². The summed E-state index contributed by atoms with van der Waals surface area (Å²) in [5.41, 5.74) is 1.75. The van der Waals surface area contributed by atoms with Crippen molar-refractivity contribution < 1.29 is 9.84 Å². The summed E-state index contributed by atoms with van der Waals surface area (Å²) in [6, 6.07) is 17.6. The Morgan fingerprint density at radius 2 is 1.68 bits per heavy atom. The molecule has 0 aliphatic carbocycles. The topological polar surface area (TPSA) is 29.5 Å². The van der Waals surface area contributed by atoms with Crippen LogP contribution in [0.5, 0.6) is 5.75 Å². The van der Waals surface area contributed by atoms with E-state index in [2.05, 4.69) is 11.8 Å². The number of aliphatic hydroxyl groups excluding tert-OH is 1. The van der Waals surface area contributed by atoms with E-state index in [0.29, 0.717) is 0 Å². The molecule has 2 heteroatoms. The van der Waals surface area contributed by atoms with Gasteiger partial charge in [-0.25, -0.2) is 0 Å². The third-order valence-electron chi connectivity index (χ3n) is 3.69. The number of hydrogen-bond acceptors (Lipinski definition) is 2. The van der Waals surface area contributed by atoms with Crippen molar-refractivity contribution in [1.29, 1.82) is 0 Å². The van der Waals surface area contributed by atoms with E-state index in [1.54, 1.807) is 7.11 Å². The van der Waals surface area contributed by atoms with Crippen LogP contribution in [-0.4, -0.2) is 18.3 Å². The van der Waals surface area contributed by atoms with Crippen LogP contribution in [0.25, 0.3) is 0 Å². The van der Waals surface area contributed by atoms with Crippen LogP contribution < -0.4 is 4.74 Å². The van der Waals surface area contributed by atoms with E-state index in [1.165, 1.54) is 0 Å². The summed E-state index contributed by atoms with van der Waals surface area (Å²) < 4.78 is 5.16. The highest BCUT2D eigenvalue weighted by Crippen LogP contribution is 2.27. The van der Waals surface area contributed by atoms with Crippen molar-refractivity contribution in [3.63, 3.8) is 0 Å². The predicted octanol–water partition coefficient (Wildman–Crippen LogP) is 3.68. The Hall–Kier alpha value is -2.24. The van der Waals surface area contributed by atoms with Gasteiger partial charge in [0.05, 0.1) is 7.11 Å². The molecule has 0 bridgehead atoms. The van der Waals surface area contributed by atoms with E-state index in [1.807, 2.05) is 68.4 Å². The molecule has 2 aromatic rings. The molecule has 0 saturated heterocycles. The zero-order valence-corrected chi connectivity index (χ0v) is 13.3. The zero-order chi connectivity index (χ0) is 16.0. The van der Waals surface area contributed by atoms with E-state index >= 15 is 0 Å². The molecule has 0 amide bonds. The summed E-state index contributed by atoms with van der Waals surface area (Å²) in [6.07, 6.45) is 0.0663. The number of aliphatic hydroxyl groups is 1. The lowest BCUT2D eigenvalue weighted by Crippen LogP contribution is -2.30. The lowest BCUT2D eigenvalue weighted by Gasteiger charge is -2.27. The van der Waals surface area contributed by atoms with Crippen LogP contribution in [0.15, 0.2) is 54.6 Å². The molecule has 0 saturated carbocycles. The minimum Gasteiger partial charge on any atom is -0.497 e. The molecule has 2 aromatic carbocycles. The van der Waals surface area contributed by atoms with Crippen LogP contribution in [0, 0.1) is 17.3 Å². The Kier molecular flexibility index (Phi) is 5.25. The minimum atomic E-state index is -0.685. The Bertz CT molecular complexity index is 646. The highest BCUT2D eigenvalue weighted by molar-refractivity contribution is 5.35. The number of rotatable bonds is 4. The molecule has 22 heavy (non-hydrogen) atoms. The molecule has 0 heterocycles. The molecule has 114 valence electrons. The maximum absolute atomic E-state index is 10.4. The van der Waals surface area contributed by atoms with Gasteiger partial charge >= 0.3 is 0 Å². The van der Waals surface area contributed by atoms with E-state index in [-0.39, 0.29) is 5.41 Å². The van der Waals surface area contributed by atoms with Gasteiger partial charge in [0.2, 0.25) is 0 Å². The van der Waals surface area contributed by atoms with Gasteiger partial charge in [0.25, 0.3) is 0 Å². The van der Waals surface area contributed by atoms with Gasteiger partial charge in [-0.1, -0.05) is 56.0 Å². The summed E-state index contributed by atoms with van der Waals surface area (Å²) in [6.45, 7) is 4.06. The summed E-state index contributed by atoms with van der Waals surface area (Å²) in [4.78, 5) is 0. The fraction of sp³-hybridized carbons (Fsp3) is 0.300. The molecule has 0 fully saturated rings. The maximum atomic E-state index is 10.4. The molecule has 1 atom stereocenters. The largest absolute Gasteiger partial charge is 0.497 e. The first-order chi connectivity index (χ1) is 10.5. The Labute approximate surface area is 132 Å². The van der Waals surface area contributed by atoms with Crippen LogP contribution in [0.1, 0.15) is 25.0 Å². The molecular weight excluding hydrogens is 272 g/mol. The average Bonchev–Trinajstić information content (AvgIpc) is 2.54. The standard InChI is InChI=1S/C20H22O2/c1-20(2,15-17-9-12-18(22-3)13-10-17)19(21)14-11-16-7-5-4-6-8-16/h4-10,12-13,19,21H,15H2,1-3H3. The van der Waals surface area contributed by atoms with Crippen molar-refractivity contribution >= 4 is 0 Å². The van der Waals surface area contributed by atoms with Crippen molar-refractivity contribution in [1.82, 2.24) is 0 Å². The van der Waals surface area contributed by atoms with Gasteiger partial charge in [-0.2, -0.15) is 0 Å². The van der Waals surface area contributed by atoms with Crippen molar-refractivity contribution in [3.8, 4) is 17.6 Å². The number of benzene rings is 2. The fourth-order valence-electron chi connectivity index (χ4n) is 2.23. The summed E-state index contributed by atoms with van der Waals surface area (Å²) in [5.74, 6) is 6.84. The minimum absolute atomic E-state index is 0.323. The summed E-state index contributed by atoms with van der Waals surface area (Å²) in [7, 11) is 1.65. The second-order valence-corrected chi connectivity index (χ2v) is 6.05. The van der Waals surface area contributed by atoms with Gasteiger partial charge in [0.15, 0.2) is 0 Å². The first-order valence-electron chi connectivity index (χ1n) is 7.39. The van der Waals surface area contributed by atoms with Crippen molar-refractivity contribution in [3.05, 3.63) is 65.7 Å². The molecular formula is C20H22O2. The van der Waals surface area contributed by atoms with Gasteiger partial charge in [-0.15, -0.1) is 0 Å². The van der Waals surface area contributed by atoms with Gasteiger partial charge in [-0.3, -0.25) is 0 Å². The van der Waals surface area contributed by atoms with Crippen LogP contribution in [-0.2, 0) is 6.42 Å². The Morgan fingerprint density at radius 3 is 2.27 bits per heavy atom. The molecule has 0 spiro atoms. The molecule has 0 aliphatic heterocycles. The monoisotopic (exact) mass is 294 g/mol. The third kappa shape index (κ3) is 4.38. The Morgan fingerprint density at radius 1 is 1.05 bits per heavy atom. The van der Waals surface area contributed by atoms with Crippen LogP contribution >= 0.6 is 0 Å². The van der Waals surface area contributed by atoms with Crippen molar-refractivity contribution in [2.75, 3.05) is 7.11 Å². The normalized spacial score (nSPS) is 12.2. The Balaban J connectivity index is 2.06. The number of methoxy groups -OCH3 is 1. The van der Waals surface area contributed by atoms with Crippen LogP contribution in [0.3, 0.4) is 0 Å². The van der Waals surface area contributed by atoms with Gasteiger partial charge < -0.3 is 9.84 Å². The molecule has 0 aromatic heterocycles. The zero-order valence-electron chi connectivity index (χ0n) is 13.3. The third-order valence-corrected chi connectivity index (χ3v) is 3.69. The van der Waals surface area contributed by atoms with Gasteiger partial charge in [-0.05, 0) is 36.2 Å². The second-order valence-electron chi connectivity index (χ2n) is 6.05. The van der Waals surface area contributed by atoms with E-state index in [4.69, 9.17) is 4.74 Å². The smallest absolute Gasteiger partial charge is 0.120 e. The molecule has 1 unspecified atom stereocenters. The quantitative estimate of drug-likeness (QED) is 0.872. The lowest BCUT2D eigenvalue weighted by molar-refractivity contribution is 0.0989. The van der Waals surface area contributed by atoms with Gasteiger partial charge in [0, 0.05) is 11.0 Å². The van der Waals surface area contributed by atoms with E-state index in [0.717, 1.165) is 23.3 Å². The maximum Gasteiger partial charge on any atom is 0.120 e. The molecule has 0 radical (unpaired) electrons. The lowest BCUT2D eigenvalue weighted by atomic mass is 9.80. The van der Waals surface area contributed by atoms with Crippen molar-refractivity contribution in [2.45, 2.75) is 26.4 Å². The number of ether oxygens (including phenoxy) is 1. The second kappa shape index (κ2) is 7.15. The fourth-order valence-corrected chi connectivity index (χ4v) is 2.23. The first kappa shape index (κ1) is 16.1. The van der Waals surface area contributed by atoms with E-state index in [9.17, 15) is 5.11 Å². The molecule has 2 rings (SSSR count). The highest BCUT2D eigenvalue weighted by atomic mass is 16.5. The average molecular weight is 294 g/mol. The summed E-state index contributed by atoms with van der Waals surface area (Å²) >= 11 is 0. The van der Waals surface area contributed by atoms with Crippen LogP contribution in [0.4, 0.5) is 0 Å². The van der Waals surface area contributed by atoms with Crippen molar-refractivity contribution in [2.24, 2.45) is 5.41 Å².